The van der Waals surface area contributed by atoms with Gasteiger partial charge in [0.05, 0.1) is 11.6 Å². The van der Waals surface area contributed by atoms with Crippen LogP contribution in [0.2, 0.25) is 5.02 Å². The van der Waals surface area contributed by atoms with Gasteiger partial charge in [-0.25, -0.2) is 0 Å². The highest BCUT2D eigenvalue weighted by atomic mass is 35.5. The Morgan fingerprint density at radius 1 is 1.24 bits per heavy atom. The van der Waals surface area contributed by atoms with Gasteiger partial charge in [-0.2, -0.15) is 0 Å². The molecule has 1 fully saturated rings. The van der Waals surface area contributed by atoms with Crippen molar-refractivity contribution >= 4 is 17.5 Å². The molecule has 0 radical (unpaired) electrons. The zero-order valence-electron chi connectivity index (χ0n) is 15.5. The number of rotatable bonds is 6. The van der Waals surface area contributed by atoms with E-state index in [0.717, 1.165) is 18.5 Å². The number of carbonyl (C=O) groups is 1. The summed E-state index contributed by atoms with van der Waals surface area (Å²) in [4.78, 5) is 19.0. The molecule has 0 N–H and O–H groups in total. The number of hydrogen-bond donors (Lipinski definition) is 0. The van der Waals surface area contributed by atoms with Crippen molar-refractivity contribution < 1.29 is 27.4 Å². The summed E-state index contributed by atoms with van der Waals surface area (Å²) in [7, 11) is 0. The lowest BCUT2D eigenvalue weighted by atomic mass is 9.94. The summed E-state index contributed by atoms with van der Waals surface area (Å²) in [5.41, 5.74) is 1.36. The fourth-order valence-electron chi connectivity index (χ4n) is 3.26. The maximum Gasteiger partial charge on any atom is 0.522 e. The average Bonchev–Trinajstić information content (AvgIpc) is 2.71. The molecule has 1 aromatic carbocycles. The summed E-state index contributed by atoms with van der Waals surface area (Å²) in [6, 6.07) is 10.2. The van der Waals surface area contributed by atoms with Crippen molar-refractivity contribution in [2.24, 2.45) is 0 Å². The predicted molar refractivity (Wildman–Crippen MR) is 101 cm³/mol. The SMILES string of the molecule is O=C(c1ccc(OCCOC(F)(F)F)c(Cl)c1)N1CCCC(c2ccccn2)C1. The van der Waals surface area contributed by atoms with Crippen LogP contribution in [-0.4, -0.2) is 48.5 Å². The number of piperidine rings is 1. The maximum atomic E-state index is 12.9. The van der Waals surface area contributed by atoms with E-state index in [9.17, 15) is 18.0 Å². The number of benzene rings is 1. The van der Waals surface area contributed by atoms with E-state index in [1.165, 1.54) is 12.1 Å². The first-order chi connectivity index (χ1) is 13.8. The van der Waals surface area contributed by atoms with Crippen LogP contribution in [-0.2, 0) is 4.74 Å². The first-order valence-electron chi connectivity index (χ1n) is 9.17. The molecule has 0 spiro atoms. The third-order valence-electron chi connectivity index (χ3n) is 4.60. The highest BCUT2D eigenvalue weighted by Gasteiger charge is 2.29. The van der Waals surface area contributed by atoms with Crippen molar-refractivity contribution in [1.82, 2.24) is 9.88 Å². The van der Waals surface area contributed by atoms with Gasteiger partial charge in [0.2, 0.25) is 0 Å². The van der Waals surface area contributed by atoms with E-state index in [4.69, 9.17) is 16.3 Å². The van der Waals surface area contributed by atoms with Gasteiger partial charge >= 0.3 is 6.36 Å². The molecule has 9 heteroatoms. The van der Waals surface area contributed by atoms with Gasteiger partial charge in [0.15, 0.2) is 0 Å². The number of carbonyl (C=O) groups excluding carboxylic acids is 1. The summed E-state index contributed by atoms with van der Waals surface area (Å²) in [6.07, 6.45) is -1.12. The highest BCUT2D eigenvalue weighted by molar-refractivity contribution is 6.32. The molecule has 1 aliphatic rings. The summed E-state index contributed by atoms with van der Waals surface area (Å²) in [6.45, 7) is 0.251. The monoisotopic (exact) mass is 428 g/mol. The molecular weight excluding hydrogens is 409 g/mol. The maximum absolute atomic E-state index is 12.9. The van der Waals surface area contributed by atoms with Crippen molar-refractivity contribution in [3.63, 3.8) is 0 Å². The second kappa shape index (κ2) is 9.45. The van der Waals surface area contributed by atoms with Crippen molar-refractivity contribution in [1.29, 1.82) is 0 Å². The Labute approximate surface area is 171 Å². The van der Waals surface area contributed by atoms with Crippen molar-refractivity contribution in [2.45, 2.75) is 25.1 Å². The van der Waals surface area contributed by atoms with Crippen molar-refractivity contribution in [2.75, 3.05) is 26.3 Å². The number of ether oxygens (including phenoxy) is 2. The molecule has 2 heterocycles. The molecule has 5 nitrogen and oxygen atoms in total. The molecule has 2 aromatic rings. The topological polar surface area (TPSA) is 51.7 Å². The van der Waals surface area contributed by atoms with Crippen LogP contribution in [0.5, 0.6) is 5.75 Å². The lowest BCUT2D eigenvalue weighted by Gasteiger charge is -2.32. The molecular formula is C20H20ClF3N2O3. The standard InChI is InChI=1S/C20H20ClF3N2O3/c21-16-12-14(6-7-18(16)28-10-11-29-20(22,23)24)19(27)26-9-3-4-15(13-26)17-5-1-2-8-25-17/h1-2,5-8,12,15H,3-4,9-11,13H2. The van der Waals surface area contributed by atoms with E-state index in [1.54, 1.807) is 17.2 Å². The zero-order valence-corrected chi connectivity index (χ0v) is 16.2. The minimum Gasteiger partial charge on any atom is -0.490 e. The van der Waals surface area contributed by atoms with Gasteiger partial charge < -0.3 is 9.64 Å². The summed E-state index contributed by atoms with van der Waals surface area (Å²) in [5, 5.41) is 0.154. The van der Waals surface area contributed by atoms with Crippen LogP contribution in [0, 0.1) is 0 Å². The van der Waals surface area contributed by atoms with Crippen LogP contribution in [0.1, 0.15) is 34.8 Å². The fourth-order valence-corrected chi connectivity index (χ4v) is 3.50. The molecule has 3 rings (SSSR count). The van der Waals surface area contributed by atoms with Crippen LogP contribution in [0.25, 0.3) is 0 Å². The van der Waals surface area contributed by atoms with Gasteiger partial charge in [-0.05, 0) is 43.2 Å². The quantitative estimate of drug-likeness (QED) is 0.627. The predicted octanol–water partition coefficient (Wildman–Crippen LogP) is 4.67. The zero-order chi connectivity index (χ0) is 20.9. The van der Waals surface area contributed by atoms with Crippen LogP contribution in [0.3, 0.4) is 0 Å². The lowest BCUT2D eigenvalue weighted by Crippen LogP contribution is -2.39. The third-order valence-corrected chi connectivity index (χ3v) is 4.90. The van der Waals surface area contributed by atoms with E-state index < -0.39 is 13.0 Å². The minimum absolute atomic E-state index is 0.153. The van der Waals surface area contributed by atoms with Crippen LogP contribution in [0.15, 0.2) is 42.6 Å². The van der Waals surface area contributed by atoms with Crippen LogP contribution >= 0.6 is 11.6 Å². The highest BCUT2D eigenvalue weighted by Crippen LogP contribution is 2.29. The van der Waals surface area contributed by atoms with Gasteiger partial charge in [-0.3, -0.25) is 14.5 Å². The number of nitrogens with zero attached hydrogens (tertiary/aromatic N) is 2. The number of likely N-dealkylation sites (tertiary alicyclic amines) is 1. The van der Waals surface area contributed by atoms with E-state index in [0.29, 0.717) is 18.7 Å². The smallest absolute Gasteiger partial charge is 0.490 e. The molecule has 1 aromatic heterocycles. The molecule has 1 aliphatic heterocycles. The number of halogens is 4. The van der Waals surface area contributed by atoms with Gasteiger partial charge in [0.1, 0.15) is 12.4 Å². The molecule has 156 valence electrons. The number of hydrogen-bond acceptors (Lipinski definition) is 4. The molecule has 0 aliphatic carbocycles. The van der Waals surface area contributed by atoms with Crippen molar-refractivity contribution in [3.05, 3.63) is 58.9 Å². The Balaban J connectivity index is 1.60. The molecule has 1 atom stereocenters. The second-order valence-corrected chi connectivity index (χ2v) is 7.04. The average molecular weight is 429 g/mol. The Hall–Kier alpha value is -2.32. The Morgan fingerprint density at radius 2 is 2.07 bits per heavy atom. The van der Waals surface area contributed by atoms with Gasteiger partial charge in [0, 0.05) is 36.5 Å². The van der Waals surface area contributed by atoms with Crippen molar-refractivity contribution in [3.8, 4) is 5.75 Å². The molecule has 0 saturated carbocycles. The molecule has 1 unspecified atom stereocenters. The Bertz CT molecular complexity index is 833. The number of aromatic nitrogens is 1. The van der Waals surface area contributed by atoms with E-state index in [1.807, 2.05) is 18.2 Å². The van der Waals surface area contributed by atoms with E-state index in [-0.39, 0.29) is 29.2 Å². The first-order valence-corrected chi connectivity index (χ1v) is 9.54. The summed E-state index contributed by atoms with van der Waals surface area (Å²) in [5.74, 6) is 0.221. The molecule has 1 saturated heterocycles. The van der Waals surface area contributed by atoms with E-state index >= 15 is 0 Å². The lowest BCUT2D eigenvalue weighted by molar-refractivity contribution is -0.325. The molecule has 29 heavy (non-hydrogen) atoms. The first kappa shape index (κ1) is 21.4. The van der Waals surface area contributed by atoms with Gasteiger partial charge in [-0.1, -0.05) is 17.7 Å². The Morgan fingerprint density at radius 3 is 2.76 bits per heavy atom. The van der Waals surface area contributed by atoms with E-state index in [2.05, 4.69) is 9.72 Å². The van der Waals surface area contributed by atoms with Crippen LogP contribution in [0.4, 0.5) is 13.2 Å². The number of amides is 1. The fraction of sp³-hybridized carbons (Fsp3) is 0.400. The summed E-state index contributed by atoms with van der Waals surface area (Å²) < 4.78 is 44.7. The summed E-state index contributed by atoms with van der Waals surface area (Å²) >= 11 is 6.14. The Kier molecular flexibility index (Phi) is 6.97. The number of pyridine rings is 1. The minimum atomic E-state index is -4.70. The molecule has 1 amide bonds. The normalized spacial score (nSPS) is 17.2. The second-order valence-electron chi connectivity index (χ2n) is 6.63. The number of alkyl halides is 3. The third kappa shape index (κ3) is 6.08. The van der Waals surface area contributed by atoms with Gasteiger partial charge in [-0.15, -0.1) is 13.2 Å². The molecule has 0 bridgehead atoms. The van der Waals surface area contributed by atoms with Crippen LogP contribution < -0.4 is 4.74 Å². The van der Waals surface area contributed by atoms with Gasteiger partial charge in [0.25, 0.3) is 5.91 Å². The largest absolute Gasteiger partial charge is 0.522 e.